The zero-order valence-corrected chi connectivity index (χ0v) is 8.84. The molecule has 16 heavy (non-hydrogen) atoms. The molecule has 2 N–H and O–H groups in total. The van der Waals surface area contributed by atoms with E-state index in [2.05, 4.69) is 10.1 Å². The van der Waals surface area contributed by atoms with Crippen molar-refractivity contribution < 1.29 is 9.84 Å². The summed E-state index contributed by atoms with van der Waals surface area (Å²) in [4.78, 5) is 24.8. The molecule has 0 aromatic carbocycles. The third kappa shape index (κ3) is 1.91. The SMILES string of the molecule is Cc1nn(C2CCC(CO)O2)c(=O)[nH]c1=O. The standard InChI is InChI=1S/C9H13N3O4/c1-5-8(14)10-9(15)12(11-5)7-3-2-6(4-13)16-7/h6-7,13H,2-4H2,1H3,(H,10,14,15). The molecular formula is C9H13N3O4. The molecule has 1 aromatic heterocycles. The number of rotatable bonds is 2. The summed E-state index contributed by atoms with van der Waals surface area (Å²) in [5, 5.41) is 12.8. The molecule has 2 unspecified atom stereocenters. The molecular weight excluding hydrogens is 214 g/mol. The molecule has 1 saturated heterocycles. The maximum absolute atomic E-state index is 11.5. The lowest BCUT2D eigenvalue weighted by molar-refractivity contribution is -0.0316. The normalized spacial score (nSPS) is 24.9. The summed E-state index contributed by atoms with van der Waals surface area (Å²) in [6.07, 6.45) is 0.517. The van der Waals surface area contributed by atoms with Gasteiger partial charge in [0, 0.05) is 0 Å². The number of hydrogen-bond acceptors (Lipinski definition) is 5. The molecule has 1 aliphatic heterocycles. The highest BCUT2D eigenvalue weighted by Gasteiger charge is 2.27. The minimum Gasteiger partial charge on any atom is -0.394 e. The Bertz CT molecular complexity index is 492. The van der Waals surface area contributed by atoms with Crippen LogP contribution >= 0.6 is 0 Å². The highest BCUT2D eigenvalue weighted by Crippen LogP contribution is 2.25. The van der Waals surface area contributed by atoms with Crippen molar-refractivity contribution >= 4 is 0 Å². The lowest BCUT2D eigenvalue weighted by Crippen LogP contribution is -2.36. The molecule has 0 amide bonds. The Morgan fingerprint density at radius 2 is 2.31 bits per heavy atom. The second-order valence-electron chi connectivity index (χ2n) is 3.76. The average molecular weight is 227 g/mol. The smallest absolute Gasteiger partial charge is 0.347 e. The molecule has 1 fully saturated rings. The molecule has 1 aromatic rings. The van der Waals surface area contributed by atoms with E-state index in [-0.39, 0.29) is 18.4 Å². The van der Waals surface area contributed by atoms with Gasteiger partial charge in [0.05, 0.1) is 12.7 Å². The van der Waals surface area contributed by atoms with E-state index in [1.165, 1.54) is 6.92 Å². The van der Waals surface area contributed by atoms with Gasteiger partial charge < -0.3 is 9.84 Å². The van der Waals surface area contributed by atoms with Crippen molar-refractivity contribution in [2.75, 3.05) is 6.61 Å². The molecule has 0 saturated carbocycles. The van der Waals surface area contributed by atoms with Gasteiger partial charge in [0.15, 0.2) is 6.23 Å². The number of aromatic nitrogens is 3. The minimum absolute atomic E-state index is 0.0758. The summed E-state index contributed by atoms with van der Waals surface area (Å²) in [6, 6.07) is 0. The van der Waals surface area contributed by atoms with E-state index in [0.29, 0.717) is 12.8 Å². The van der Waals surface area contributed by atoms with Gasteiger partial charge in [-0.05, 0) is 19.8 Å². The van der Waals surface area contributed by atoms with Gasteiger partial charge in [-0.2, -0.15) is 9.78 Å². The van der Waals surface area contributed by atoms with Gasteiger partial charge in [-0.15, -0.1) is 0 Å². The lowest BCUT2D eigenvalue weighted by Gasteiger charge is -2.13. The number of hydrogen-bond donors (Lipinski definition) is 2. The van der Waals surface area contributed by atoms with Crippen molar-refractivity contribution in [1.29, 1.82) is 0 Å². The van der Waals surface area contributed by atoms with Crippen LogP contribution in [0.25, 0.3) is 0 Å². The van der Waals surface area contributed by atoms with Crippen molar-refractivity contribution in [3.8, 4) is 0 Å². The highest BCUT2D eigenvalue weighted by atomic mass is 16.5. The van der Waals surface area contributed by atoms with Gasteiger partial charge >= 0.3 is 5.69 Å². The number of H-pyrrole nitrogens is 1. The van der Waals surface area contributed by atoms with Crippen LogP contribution in [0.1, 0.15) is 24.8 Å². The van der Waals surface area contributed by atoms with Crippen molar-refractivity contribution in [2.45, 2.75) is 32.1 Å². The van der Waals surface area contributed by atoms with Crippen LogP contribution in [0, 0.1) is 6.92 Å². The first-order valence-electron chi connectivity index (χ1n) is 5.08. The monoisotopic (exact) mass is 227 g/mol. The van der Waals surface area contributed by atoms with E-state index in [1.54, 1.807) is 0 Å². The first kappa shape index (κ1) is 11.0. The van der Waals surface area contributed by atoms with Gasteiger partial charge in [-0.3, -0.25) is 9.78 Å². The number of nitrogens with zero attached hydrogens (tertiary/aromatic N) is 2. The van der Waals surface area contributed by atoms with Crippen LogP contribution in [0.5, 0.6) is 0 Å². The number of aliphatic hydroxyl groups is 1. The molecule has 7 nitrogen and oxygen atoms in total. The molecule has 0 spiro atoms. The van der Waals surface area contributed by atoms with E-state index in [4.69, 9.17) is 9.84 Å². The minimum atomic E-state index is -0.584. The van der Waals surface area contributed by atoms with Crippen molar-refractivity contribution in [3.63, 3.8) is 0 Å². The summed E-state index contributed by atoms with van der Waals surface area (Å²) < 4.78 is 6.52. The summed E-state index contributed by atoms with van der Waals surface area (Å²) in [5.74, 6) is 0. The zero-order chi connectivity index (χ0) is 11.7. The van der Waals surface area contributed by atoms with Crippen LogP contribution in [0.4, 0.5) is 0 Å². The van der Waals surface area contributed by atoms with E-state index in [1.807, 2.05) is 0 Å². The maximum Gasteiger partial charge on any atom is 0.347 e. The Morgan fingerprint density at radius 3 is 2.94 bits per heavy atom. The fraction of sp³-hybridized carbons (Fsp3) is 0.667. The maximum atomic E-state index is 11.5. The van der Waals surface area contributed by atoms with Gasteiger partial charge in [-0.25, -0.2) is 4.79 Å². The van der Waals surface area contributed by atoms with Crippen molar-refractivity contribution in [3.05, 3.63) is 26.5 Å². The van der Waals surface area contributed by atoms with Crippen LogP contribution in [0.3, 0.4) is 0 Å². The van der Waals surface area contributed by atoms with Gasteiger partial charge in [0.2, 0.25) is 0 Å². The van der Waals surface area contributed by atoms with Crippen molar-refractivity contribution in [2.24, 2.45) is 0 Å². The van der Waals surface area contributed by atoms with E-state index in [0.717, 1.165) is 4.68 Å². The molecule has 2 atom stereocenters. The van der Waals surface area contributed by atoms with E-state index < -0.39 is 17.5 Å². The summed E-state index contributed by atoms with van der Waals surface area (Å²) in [6.45, 7) is 1.45. The fourth-order valence-corrected chi connectivity index (χ4v) is 1.69. The summed E-state index contributed by atoms with van der Waals surface area (Å²) in [5.41, 5.74) is -0.854. The largest absolute Gasteiger partial charge is 0.394 e. The topological polar surface area (TPSA) is 97.2 Å². The van der Waals surface area contributed by atoms with Crippen LogP contribution in [-0.2, 0) is 4.74 Å². The number of ether oxygens (including phenoxy) is 1. The third-order valence-electron chi connectivity index (χ3n) is 2.58. The second kappa shape index (κ2) is 4.18. The summed E-state index contributed by atoms with van der Waals surface area (Å²) >= 11 is 0. The van der Waals surface area contributed by atoms with Crippen LogP contribution in [-0.4, -0.2) is 32.6 Å². The number of nitrogens with one attached hydrogen (secondary N) is 1. The Kier molecular flexibility index (Phi) is 2.88. The second-order valence-corrected chi connectivity index (χ2v) is 3.76. The lowest BCUT2D eigenvalue weighted by atomic mass is 10.2. The number of aromatic amines is 1. The quantitative estimate of drug-likeness (QED) is 0.669. The molecule has 0 bridgehead atoms. The van der Waals surface area contributed by atoms with Crippen molar-refractivity contribution in [1.82, 2.24) is 14.8 Å². The molecule has 1 aliphatic rings. The molecule has 2 rings (SSSR count). The van der Waals surface area contributed by atoms with E-state index >= 15 is 0 Å². The third-order valence-corrected chi connectivity index (χ3v) is 2.58. The predicted octanol–water partition coefficient (Wildman–Crippen LogP) is -1.09. The van der Waals surface area contributed by atoms with Crippen LogP contribution in [0.2, 0.25) is 0 Å². The van der Waals surface area contributed by atoms with Crippen LogP contribution in [0.15, 0.2) is 9.59 Å². The van der Waals surface area contributed by atoms with E-state index in [9.17, 15) is 9.59 Å². The first-order chi connectivity index (χ1) is 7.61. The summed E-state index contributed by atoms with van der Waals surface area (Å²) in [7, 11) is 0. The Balaban J connectivity index is 2.32. The average Bonchev–Trinajstić information content (AvgIpc) is 2.71. The number of aliphatic hydroxyl groups excluding tert-OH is 1. The molecule has 0 aliphatic carbocycles. The Labute approximate surface area is 90.7 Å². The number of aryl methyl sites for hydroxylation is 1. The molecule has 7 heteroatoms. The van der Waals surface area contributed by atoms with Gasteiger partial charge in [-0.1, -0.05) is 0 Å². The molecule has 0 radical (unpaired) electrons. The fourth-order valence-electron chi connectivity index (χ4n) is 1.69. The molecule has 88 valence electrons. The Morgan fingerprint density at radius 1 is 1.56 bits per heavy atom. The molecule has 2 heterocycles. The first-order valence-corrected chi connectivity index (χ1v) is 5.08. The predicted molar refractivity (Wildman–Crippen MR) is 54.1 cm³/mol. The Hall–Kier alpha value is -1.47. The highest BCUT2D eigenvalue weighted by molar-refractivity contribution is 4.89. The van der Waals surface area contributed by atoms with Gasteiger partial charge in [0.25, 0.3) is 5.56 Å². The van der Waals surface area contributed by atoms with Crippen LogP contribution < -0.4 is 11.2 Å². The van der Waals surface area contributed by atoms with Gasteiger partial charge in [0.1, 0.15) is 5.69 Å². The zero-order valence-electron chi connectivity index (χ0n) is 8.84.